The molecule has 0 unspecified atom stereocenters. The first kappa shape index (κ1) is 18.9. The van der Waals surface area contributed by atoms with Crippen LogP contribution in [-0.2, 0) is 16.0 Å². The molecule has 138 valence electrons. The van der Waals surface area contributed by atoms with E-state index in [1.807, 2.05) is 24.0 Å². The lowest BCUT2D eigenvalue weighted by Crippen LogP contribution is -2.47. The van der Waals surface area contributed by atoms with Crippen LogP contribution in [-0.4, -0.2) is 47.1 Å². The summed E-state index contributed by atoms with van der Waals surface area (Å²) in [5, 5.41) is 2.10. The lowest BCUT2D eigenvalue weighted by Gasteiger charge is -2.38. The zero-order chi connectivity index (χ0) is 18.7. The second-order valence-corrected chi connectivity index (χ2v) is 7.70. The van der Waals surface area contributed by atoms with Crippen molar-refractivity contribution in [1.29, 1.82) is 0 Å². The molecule has 1 aliphatic heterocycles. The number of amides is 2. The third-order valence-electron chi connectivity index (χ3n) is 4.94. The molecule has 2 heterocycles. The molecule has 0 N–H and O–H groups in total. The minimum Gasteiger partial charge on any atom is -0.333 e. The molecule has 1 aromatic carbocycles. The Bertz CT molecular complexity index is 805. The Morgan fingerprint density at radius 1 is 1.27 bits per heavy atom. The van der Waals surface area contributed by atoms with Crippen LogP contribution in [0.25, 0.3) is 0 Å². The Kier molecular flexibility index (Phi) is 5.99. The van der Waals surface area contributed by atoms with Gasteiger partial charge in [0.2, 0.25) is 11.8 Å². The highest BCUT2D eigenvalue weighted by molar-refractivity contribution is 7.10. The van der Waals surface area contributed by atoms with Gasteiger partial charge >= 0.3 is 0 Å². The first-order valence-electron chi connectivity index (χ1n) is 8.81. The van der Waals surface area contributed by atoms with Gasteiger partial charge < -0.3 is 9.80 Å². The summed E-state index contributed by atoms with van der Waals surface area (Å²) >= 11 is 7.43. The lowest BCUT2D eigenvalue weighted by atomic mass is 9.90. The first-order chi connectivity index (χ1) is 12.6. The fourth-order valence-electron chi connectivity index (χ4n) is 3.53. The van der Waals surface area contributed by atoms with Crippen molar-refractivity contribution in [3.63, 3.8) is 0 Å². The van der Waals surface area contributed by atoms with Crippen LogP contribution in [0.3, 0.4) is 0 Å². The van der Waals surface area contributed by atoms with Crippen molar-refractivity contribution >= 4 is 34.8 Å². The molecular formula is C20H23ClN2O2S. The number of alkyl halides is 1. The van der Waals surface area contributed by atoms with E-state index in [0.29, 0.717) is 13.1 Å². The van der Waals surface area contributed by atoms with Crippen LogP contribution in [0.4, 0.5) is 0 Å². The molecule has 26 heavy (non-hydrogen) atoms. The SMILES string of the molecule is CCN(CC(=O)N1CCc2sccc2[C@@H]1c1ccccc1C)C(=O)CCl. The molecule has 1 atom stereocenters. The van der Waals surface area contributed by atoms with Gasteiger partial charge in [0.1, 0.15) is 5.88 Å². The van der Waals surface area contributed by atoms with E-state index in [1.165, 1.54) is 20.9 Å². The molecule has 4 nitrogen and oxygen atoms in total. The number of benzene rings is 1. The van der Waals surface area contributed by atoms with E-state index in [1.54, 1.807) is 11.3 Å². The van der Waals surface area contributed by atoms with Crippen molar-refractivity contribution in [3.8, 4) is 0 Å². The van der Waals surface area contributed by atoms with Gasteiger partial charge in [-0.2, -0.15) is 0 Å². The van der Waals surface area contributed by atoms with Gasteiger partial charge in [-0.15, -0.1) is 22.9 Å². The lowest BCUT2D eigenvalue weighted by molar-refractivity contribution is -0.140. The molecule has 0 spiro atoms. The van der Waals surface area contributed by atoms with E-state index in [0.717, 1.165) is 12.0 Å². The van der Waals surface area contributed by atoms with E-state index in [2.05, 4.69) is 30.5 Å². The molecule has 0 aliphatic carbocycles. The van der Waals surface area contributed by atoms with Crippen LogP contribution in [0.1, 0.15) is 34.5 Å². The summed E-state index contributed by atoms with van der Waals surface area (Å²) in [5.41, 5.74) is 3.51. The number of likely N-dealkylation sites (N-methyl/N-ethyl adjacent to an activating group) is 1. The number of fused-ring (bicyclic) bond motifs is 1. The van der Waals surface area contributed by atoms with Gasteiger partial charge in [-0.25, -0.2) is 0 Å². The zero-order valence-electron chi connectivity index (χ0n) is 15.1. The number of carbonyl (C=O) groups excluding carboxylic acids is 2. The Morgan fingerprint density at radius 2 is 2.04 bits per heavy atom. The van der Waals surface area contributed by atoms with E-state index >= 15 is 0 Å². The Balaban J connectivity index is 1.94. The fourth-order valence-corrected chi connectivity index (χ4v) is 4.60. The third-order valence-corrected chi connectivity index (χ3v) is 6.17. The van der Waals surface area contributed by atoms with E-state index in [9.17, 15) is 9.59 Å². The van der Waals surface area contributed by atoms with E-state index in [-0.39, 0.29) is 30.3 Å². The number of thiophene rings is 1. The average Bonchev–Trinajstić information content (AvgIpc) is 3.14. The number of halogens is 1. The normalized spacial score (nSPS) is 16.3. The first-order valence-corrected chi connectivity index (χ1v) is 10.2. The van der Waals surface area contributed by atoms with Crippen molar-refractivity contribution in [1.82, 2.24) is 9.80 Å². The summed E-state index contributed by atoms with van der Waals surface area (Å²) in [4.78, 5) is 29.8. The maximum absolute atomic E-state index is 13.1. The molecule has 2 amide bonds. The Labute approximate surface area is 163 Å². The van der Waals surface area contributed by atoms with Crippen molar-refractivity contribution in [2.45, 2.75) is 26.3 Å². The quantitative estimate of drug-likeness (QED) is 0.731. The van der Waals surface area contributed by atoms with Crippen LogP contribution < -0.4 is 0 Å². The summed E-state index contributed by atoms with van der Waals surface area (Å²) in [6.07, 6.45) is 0.858. The van der Waals surface area contributed by atoms with Crippen LogP contribution >= 0.6 is 22.9 Å². The summed E-state index contributed by atoms with van der Waals surface area (Å²) < 4.78 is 0. The number of aryl methyl sites for hydroxylation is 1. The van der Waals surface area contributed by atoms with Gasteiger partial charge in [-0.05, 0) is 48.4 Å². The van der Waals surface area contributed by atoms with Gasteiger partial charge in [0.15, 0.2) is 0 Å². The van der Waals surface area contributed by atoms with Gasteiger partial charge in [-0.1, -0.05) is 24.3 Å². The van der Waals surface area contributed by atoms with E-state index < -0.39 is 0 Å². The molecular weight excluding hydrogens is 368 g/mol. The van der Waals surface area contributed by atoms with Gasteiger partial charge in [0.05, 0.1) is 12.6 Å². The third kappa shape index (κ3) is 3.64. The van der Waals surface area contributed by atoms with Crippen LogP contribution in [0, 0.1) is 6.92 Å². The highest BCUT2D eigenvalue weighted by Crippen LogP contribution is 2.38. The van der Waals surface area contributed by atoms with Crippen LogP contribution in [0.15, 0.2) is 35.7 Å². The predicted molar refractivity (Wildman–Crippen MR) is 106 cm³/mol. The molecule has 0 fully saturated rings. The Hall–Kier alpha value is -1.85. The predicted octanol–water partition coefficient (Wildman–Crippen LogP) is 3.62. The van der Waals surface area contributed by atoms with Crippen molar-refractivity contribution < 1.29 is 9.59 Å². The number of carbonyl (C=O) groups is 2. The number of hydrogen-bond donors (Lipinski definition) is 0. The molecule has 1 aromatic heterocycles. The van der Waals surface area contributed by atoms with Gasteiger partial charge in [0, 0.05) is 18.0 Å². The average molecular weight is 391 g/mol. The maximum atomic E-state index is 13.1. The highest BCUT2D eigenvalue weighted by Gasteiger charge is 2.34. The van der Waals surface area contributed by atoms with Crippen molar-refractivity contribution in [2.24, 2.45) is 0 Å². The molecule has 1 aliphatic rings. The number of rotatable bonds is 5. The maximum Gasteiger partial charge on any atom is 0.242 e. The largest absolute Gasteiger partial charge is 0.333 e. The van der Waals surface area contributed by atoms with Crippen LogP contribution in [0.2, 0.25) is 0 Å². The standard InChI is InChI=1S/C20H23ClN2O2S/c1-3-22(18(24)12-21)13-19(25)23-10-8-17-16(9-11-26-17)20(23)15-7-5-4-6-14(15)2/h4-7,9,11,20H,3,8,10,12-13H2,1-2H3/t20-/m0/s1. The summed E-state index contributed by atoms with van der Waals surface area (Å²) in [6, 6.07) is 10.2. The second kappa shape index (κ2) is 8.23. The van der Waals surface area contributed by atoms with E-state index in [4.69, 9.17) is 11.6 Å². The molecule has 2 aromatic rings. The molecule has 0 radical (unpaired) electrons. The second-order valence-electron chi connectivity index (χ2n) is 6.44. The molecule has 0 bridgehead atoms. The van der Waals surface area contributed by atoms with Crippen LogP contribution in [0.5, 0.6) is 0 Å². The highest BCUT2D eigenvalue weighted by atomic mass is 35.5. The van der Waals surface area contributed by atoms with Crippen molar-refractivity contribution in [2.75, 3.05) is 25.5 Å². The smallest absolute Gasteiger partial charge is 0.242 e. The zero-order valence-corrected chi connectivity index (χ0v) is 16.6. The molecule has 0 saturated heterocycles. The van der Waals surface area contributed by atoms with Gasteiger partial charge in [-0.3, -0.25) is 9.59 Å². The minimum atomic E-state index is -0.205. The summed E-state index contributed by atoms with van der Waals surface area (Å²) in [6.45, 7) is 5.16. The molecule has 3 rings (SSSR count). The summed E-state index contributed by atoms with van der Waals surface area (Å²) in [7, 11) is 0. The van der Waals surface area contributed by atoms with Gasteiger partial charge in [0.25, 0.3) is 0 Å². The topological polar surface area (TPSA) is 40.6 Å². The number of hydrogen-bond acceptors (Lipinski definition) is 3. The molecule has 0 saturated carbocycles. The number of nitrogens with zero attached hydrogens (tertiary/aromatic N) is 2. The fraction of sp³-hybridized carbons (Fsp3) is 0.400. The Morgan fingerprint density at radius 3 is 2.73 bits per heavy atom. The summed E-state index contributed by atoms with van der Waals surface area (Å²) in [5.74, 6) is -0.338. The van der Waals surface area contributed by atoms with Crippen molar-refractivity contribution in [3.05, 3.63) is 57.3 Å². The minimum absolute atomic E-state index is 0.0320. The molecule has 6 heteroatoms. The monoisotopic (exact) mass is 390 g/mol.